The summed E-state index contributed by atoms with van der Waals surface area (Å²) in [4.78, 5) is 24.7. The molecule has 5 heteroatoms. The van der Waals surface area contributed by atoms with Crippen molar-refractivity contribution < 1.29 is 14.3 Å². The number of nitrogens with zero attached hydrogens (tertiary/aromatic N) is 1. The third-order valence-corrected chi connectivity index (χ3v) is 3.28. The highest BCUT2D eigenvalue weighted by Gasteiger charge is 2.19. The van der Waals surface area contributed by atoms with Gasteiger partial charge in [-0.3, -0.25) is 9.59 Å². The van der Waals surface area contributed by atoms with Crippen molar-refractivity contribution in [2.45, 2.75) is 38.9 Å². The number of thioether (sulfide) groups is 1. The van der Waals surface area contributed by atoms with Crippen LogP contribution in [0, 0.1) is 0 Å². The average molecular weight is 261 g/mol. The highest BCUT2D eigenvalue weighted by atomic mass is 32.2. The van der Waals surface area contributed by atoms with Gasteiger partial charge in [-0.2, -0.15) is 0 Å². The van der Waals surface area contributed by atoms with E-state index >= 15 is 0 Å². The quantitative estimate of drug-likeness (QED) is 0.685. The Bertz CT molecular complexity index is 261. The van der Waals surface area contributed by atoms with Crippen molar-refractivity contribution in [1.82, 2.24) is 4.90 Å². The minimum absolute atomic E-state index is 0.00262. The predicted molar refractivity (Wildman–Crippen MR) is 71.1 cm³/mol. The number of ether oxygens (including phenoxy) is 1. The fourth-order valence-corrected chi connectivity index (χ4v) is 1.89. The molecule has 0 heterocycles. The van der Waals surface area contributed by atoms with Gasteiger partial charge in [0.15, 0.2) is 0 Å². The Labute approximate surface area is 108 Å². The average Bonchev–Trinajstić information content (AvgIpc) is 2.24. The second-order valence-electron chi connectivity index (χ2n) is 4.79. The number of carbonyl (C=O) groups is 2. The standard InChI is InChI=1S/C12H23NO3S/c1-6-7-13(8-11(15)16-5)10(14)9-17-12(2,3)4/h6-9H2,1-5H3. The van der Waals surface area contributed by atoms with E-state index < -0.39 is 0 Å². The third-order valence-electron chi connectivity index (χ3n) is 2.02. The highest BCUT2D eigenvalue weighted by Crippen LogP contribution is 2.23. The van der Waals surface area contributed by atoms with Crippen molar-refractivity contribution in [2.24, 2.45) is 0 Å². The molecule has 1 amide bonds. The molecule has 0 radical (unpaired) electrons. The van der Waals surface area contributed by atoms with Crippen molar-refractivity contribution in [3.63, 3.8) is 0 Å². The van der Waals surface area contributed by atoms with E-state index in [9.17, 15) is 9.59 Å². The van der Waals surface area contributed by atoms with Crippen molar-refractivity contribution in [3.8, 4) is 0 Å². The first-order valence-electron chi connectivity index (χ1n) is 5.78. The second-order valence-corrected chi connectivity index (χ2v) is 6.59. The Morgan fingerprint density at radius 2 is 1.88 bits per heavy atom. The predicted octanol–water partition coefficient (Wildman–Crippen LogP) is 1.93. The smallest absolute Gasteiger partial charge is 0.325 e. The van der Waals surface area contributed by atoms with Crippen molar-refractivity contribution in [1.29, 1.82) is 0 Å². The van der Waals surface area contributed by atoms with Gasteiger partial charge >= 0.3 is 5.97 Å². The van der Waals surface area contributed by atoms with E-state index in [2.05, 4.69) is 25.5 Å². The van der Waals surface area contributed by atoms with E-state index in [1.807, 2.05) is 6.92 Å². The summed E-state index contributed by atoms with van der Waals surface area (Å²) < 4.78 is 4.64. The molecule has 0 bridgehead atoms. The van der Waals surface area contributed by atoms with Gasteiger partial charge < -0.3 is 9.64 Å². The van der Waals surface area contributed by atoms with Gasteiger partial charge in [-0.25, -0.2) is 0 Å². The molecule has 0 aliphatic rings. The Hall–Kier alpha value is -0.710. The van der Waals surface area contributed by atoms with Crippen LogP contribution in [0.1, 0.15) is 34.1 Å². The molecule has 0 aliphatic carbocycles. The molecule has 0 saturated heterocycles. The van der Waals surface area contributed by atoms with Crippen LogP contribution in [0.2, 0.25) is 0 Å². The maximum absolute atomic E-state index is 11.9. The van der Waals surface area contributed by atoms with E-state index in [-0.39, 0.29) is 23.2 Å². The van der Waals surface area contributed by atoms with Crippen LogP contribution in [0.3, 0.4) is 0 Å². The van der Waals surface area contributed by atoms with Crippen molar-refractivity contribution in [3.05, 3.63) is 0 Å². The number of methoxy groups -OCH3 is 1. The third kappa shape index (κ3) is 8.07. The molecular weight excluding hydrogens is 238 g/mol. The van der Waals surface area contributed by atoms with Gasteiger partial charge in [0.05, 0.1) is 12.9 Å². The fourth-order valence-electron chi connectivity index (χ4n) is 1.15. The molecule has 17 heavy (non-hydrogen) atoms. The van der Waals surface area contributed by atoms with Gasteiger partial charge in [0.1, 0.15) is 6.54 Å². The number of hydrogen-bond donors (Lipinski definition) is 0. The minimum Gasteiger partial charge on any atom is -0.468 e. The van der Waals surface area contributed by atoms with Crippen LogP contribution in [0.15, 0.2) is 0 Å². The summed E-state index contributed by atoms with van der Waals surface area (Å²) in [6, 6.07) is 0. The molecule has 0 aromatic heterocycles. The van der Waals surface area contributed by atoms with E-state index in [4.69, 9.17) is 0 Å². The van der Waals surface area contributed by atoms with Gasteiger partial charge in [-0.05, 0) is 6.42 Å². The molecular formula is C12H23NO3S. The second kappa shape index (κ2) is 7.58. The van der Waals surface area contributed by atoms with Crippen molar-refractivity contribution in [2.75, 3.05) is 26.0 Å². The number of rotatable bonds is 6. The largest absolute Gasteiger partial charge is 0.468 e. The van der Waals surface area contributed by atoms with Crippen LogP contribution < -0.4 is 0 Å². The Morgan fingerprint density at radius 3 is 2.29 bits per heavy atom. The molecule has 100 valence electrons. The first kappa shape index (κ1) is 16.3. The summed E-state index contributed by atoms with van der Waals surface area (Å²) in [6.45, 7) is 8.82. The fraction of sp³-hybridized carbons (Fsp3) is 0.833. The van der Waals surface area contributed by atoms with Crippen molar-refractivity contribution >= 4 is 23.6 Å². The monoisotopic (exact) mass is 261 g/mol. The number of carbonyl (C=O) groups excluding carboxylic acids is 2. The van der Waals surface area contributed by atoms with Crippen LogP contribution in [-0.2, 0) is 14.3 Å². The number of amides is 1. The molecule has 0 unspecified atom stereocenters. The lowest BCUT2D eigenvalue weighted by Gasteiger charge is -2.23. The van der Waals surface area contributed by atoms with E-state index in [1.54, 1.807) is 16.7 Å². The molecule has 0 fully saturated rings. The van der Waals surface area contributed by atoms with E-state index in [0.717, 1.165) is 6.42 Å². The molecule has 0 aliphatic heterocycles. The summed E-state index contributed by atoms with van der Waals surface area (Å²) >= 11 is 1.59. The Balaban J connectivity index is 4.29. The Morgan fingerprint density at radius 1 is 1.29 bits per heavy atom. The molecule has 0 spiro atoms. The molecule has 0 N–H and O–H groups in total. The van der Waals surface area contributed by atoms with Crippen LogP contribution >= 0.6 is 11.8 Å². The summed E-state index contributed by atoms with van der Waals surface area (Å²) in [5.74, 6) is 0.0327. The van der Waals surface area contributed by atoms with Gasteiger partial charge in [0.2, 0.25) is 5.91 Å². The molecule has 0 atom stereocenters. The zero-order valence-corrected chi connectivity index (χ0v) is 12.2. The van der Waals surface area contributed by atoms with Crippen LogP contribution in [-0.4, -0.2) is 47.5 Å². The van der Waals surface area contributed by atoms with Crippen LogP contribution in [0.4, 0.5) is 0 Å². The summed E-state index contributed by atoms with van der Waals surface area (Å²) in [5.41, 5.74) is 0. The SMILES string of the molecule is CCCN(CC(=O)OC)C(=O)CSC(C)(C)C. The lowest BCUT2D eigenvalue weighted by Crippen LogP contribution is -2.38. The molecule has 0 aromatic carbocycles. The zero-order valence-electron chi connectivity index (χ0n) is 11.4. The topological polar surface area (TPSA) is 46.6 Å². The lowest BCUT2D eigenvalue weighted by molar-refractivity contribution is -0.146. The molecule has 0 rings (SSSR count). The highest BCUT2D eigenvalue weighted by molar-refractivity contribution is 8.01. The molecule has 4 nitrogen and oxygen atoms in total. The van der Waals surface area contributed by atoms with Gasteiger partial charge in [0.25, 0.3) is 0 Å². The first-order valence-corrected chi connectivity index (χ1v) is 6.77. The summed E-state index contributed by atoms with van der Waals surface area (Å²) in [7, 11) is 1.33. The minimum atomic E-state index is -0.368. The lowest BCUT2D eigenvalue weighted by atomic mass is 10.3. The molecule has 0 saturated carbocycles. The Kier molecular flexibility index (Phi) is 7.27. The van der Waals surface area contributed by atoms with E-state index in [1.165, 1.54) is 7.11 Å². The zero-order chi connectivity index (χ0) is 13.5. The van der Waals surface area contributed by atoms with Gasteiger partial charge in [-0.1, -0.05) is 27.7 Å². The summed E-state index contributed by atoms with van der Waals surface area (Å²) in [5, 5.41) is 0. The van der Waals surface area contributed by atoms with Crippen LogP contribution in [0.25, 0.3) is 0 Å². The van der Waals surface area contributed by atoms with E-state index in [0.29, 0.717) is 12.3 Å². The molecule has 0 aromatic rings. The normalized spacial score (nSPS) is 11.1. The van der Waals surface area contributed by atoms with Gasteiger partial charge in [-0.15, -0.1) is 11.8 Å². The maximum atomic E-state index is 11.9. The number of hydrogen-bond acceptors (Lipinski definition) is 4. The number of esters is 1. The van der Waals surface area contributed by atoms with Gasteiger partial charge in [0, 0.05) is 11.3 Å². The van der Waals surface area contributed by atoms with Crippen LogP contribution in [0.5, 0.6) is 0 Å². The maximum Gasteiger partial charge on any atom is 0.325 e. The first-order chi connectivity index (χ1) is 7.80. The summed E-state index contributed by atoms with van der Waals surface area (Å²) in [6.07, 6.45) is 0.836.